The van der Waals surface area contributed by atoms with Gasteiger partial charge in [0.1, 0.15) is 0 Å². The molecule has 58 valence electrons. The van der Waals surface area contributed by atoms with Crippen LogP contribution in [0.5, 0.6) is 0 Å². The van der Waals surface area contributed by atoms with Crippen LogP contribution in [0.15, 0.2) is 0 Å². The van der Waals surface area contributed by atoms with Gasteiger partial charge in [0.15, 0.2) is 0 Å². The minimum absolute atomic E-state index is 0.803. The Kier molecular flexibility index (Phi) is 7.18. The van der Waals surface area contributed by atoms with Gasteiger partial charge >= 0.3 is 0 Å². The van der Waals surface area contributed by atoms with E-state index in [1.807, 2.05) is 0 Å². The summed E-state index contributed by atoms with van der Waals surface area (Å²) < 4.78 is 0. The van der Waals surface area contributed by atoms with Crippen LogP contribution < -0.4 is 0 Å². The Morgan fingerprint density at radius 1 is 1.50 bits per heavy atom. The molecule has 0 fully saturated rings. The van der Waals surface area contributed by atoms with Crippen molar-refractivity contribution < 1.29 is 0 Å². The highest BCUT2D eigenvalue weighted by molar-refractivity contribution is 9.09. The van der Waals surface area contributed by atoms with Gasteiger partial charge in [0, 0.05) is 11.8 Å². The van der Waals surface area contributed by atoms with Crippen molar-refractivity contribution in [1.29, 1.82) is 0 Å². The summed E-state index contributed by atoms with van der Waals surface area (Å²) in [5, 5.41) is 1.11. The molecule has 0 spiro atoms. The van der Waals surface area contributed by atoms with Crippen molar-refractivity contribution in [2.24, 2.45) is 5.92 Å². The third-order valence-electron chi connectivity index (χ3n) is 1.53. The maximum absolute atomic E-state index is 5.12. The van der Waals surface area contributed by atoms with Gasteiger partial charge in [-0.2, -0.15) is 0 Å². The van der Waals surface area contributed by atoms with E-state index in [0.29, 0.717) is 0 Å². The Balaban J connectivity index is 2.98. The Morgan fingerprint density at radius 3 is 2.70 bits per heavy atom. The minimum Gasteiger partial charge on any atom is -0.120 e. The van der Waals surface area contributed by atoms with Gasteiger partial charge in [-0.25, -0.2) is 0 Å². The number of halogens is 1. The van der Waals surface area contributed by atoms with Crippen molar-refractivity contribution in [2.75, 3.05) is 5.33 Å². The lowest BCUT2D eigenvalue weighted by Crippen LogP contribution is -1.94. The van der Waals surface area contributed by atoms with Gasteiger partial charge in [0.25, 0.3) is 0 Å². The Morgan fingerprint density at radius 2 is 2.20 bits per heavy atom. The van der Waals surface area contributed by atoms with E-state index in [1.165, 1.54) is 19.3 Å². The molecule has 0 saturated heterocycles. The summed E-state index contributed by atoms with van der Waals surface area (Å²) in [5.41, 5.74) is 0. The van der Waals surface area contributed by atoms with Gasteiger partial charge in [-0.15, -0.1) is 12.3 Å². The van der Waals surface area contributed by atoms with Gasteiger partial charge in [-0.3, -0.25) is 0 Å². The average molecular weight is 203 g/mol. The van der Waals surface area contributed by atoms with Gasteiger partial charge < -0.3 is 0 Å². The van der Waals surface area contributed by atoms with E-state index in [-0.39, 0.29) is 0 Å². The van der Waals surface area contributed by atoms with Crippen LogP contribution in [0.1, 0.15) is 32.6 Å². The summed E-state index contributed by atoms with van der Waals surface area (Å²) in [5.74, 6) is 3.45. The molecule has 0 aromatic rings. The monoisotopic (exact) mass is 202 g/mol. The second kappa shape index (κ2) is 7.15. The van der Waals surface area contributed by atoms with E-state index in [4.69, 9.17) is 6.42 Å². The third kappa shape index (κ3) is 6.16. The molecular weight excluding hydrogens is 188 g/mol. The molecule has 0 heterocycles. The molecule has 0 aliphatic rings. The molecule has 0 nitrogen and oxygen atoms in total. The van der Waals surface area contributed by atoms with Crippen LogP contribution >= 0.6 is 15.9 Å². The van der Waals surface area contributed by atoms with Crippen LogP contribution in [0, 0.1) is 18.3 Å². The zero-order valence-corrected chi connectivity index (χ0v) is 8.15. The van der Waals surface area contributed by atoms with Crippen molar-refractivity contribution >= 4 is 15.9 Å². The van der Waals surface area contributed by atoms with Crippen LogP contribution in [0.2, 0.25) is 0 Å². The molecule has 1 atom stereocenters. The van der Waals surface area contributed by atoms with Crippen molar-refractivity contribution in [3.63, 3.8) is 0 Å². The summed E-state index contributed by atoms with van der Waals surface area (Å²) in [6, 6.07) is 0. The molecule has 0 rings (SSSR count). The lowest BCUT2D eigenvalue weighted by Gasteiger charge is -2.04. The first kappa shape index (κ1) is 10.0. The lowest BCUT2D eigenvalue weighted by molar-refractivity contribution is 0.552. The van der Waals surface area contributed by atoms with E-state index in [0.717, 1.165) is 17.7 Å². The van der Waals surface area contributed by atoms with E-state index in [9.17, 15) is 0 Å². The second-order valence-corrected chi connectivity index (χ2v) is 3.36. The normalized spacial score (nSPS) is 12.5. The largest absolute Gasteiger partial charge is 0.120 e. The van der Waals surface area contributed by atoms with Crippen molar-refractivity contribution in [1.82, 2.24) is 0 Å². The Hall–Kier alpha value is 0.0400. The van der Waals surface area contributed by atoms with Crippen LogP contribution in [0.25, 0.3) is 0 Å². The molecular formula is C9H15Br. The molecule has 0 bridgehead atoms. The second-order valence-electron chi connectivity index (χ2n) is 2.71. The predicted octanol–water partition coefficient (Wildman–Crippen LogP) is 3.21. The molecule has 1 heteroatoms. The SMILES string of the molecule is C#CCCCCC(C)CBr. The van der Waals surface area contributed by atoms with Crippen LogP contribution in [0.4, 0.5) is 0 Å². The van der Waals surface area contributed by atoms with E-state index >= 15 is 0 Å². The van der Waals surface area contributed by atoms with Crippen molar-refractivity contribution in [3.8, 4) is 12.3 Å². The van der Waals surface area contributed by atoms with Gasteiger partial charge in [0.2, 0.25) is 0 Å². The maximum Gasteiger partial charge on any atom is 0.00860 e. The first-order valence-electron chi connectivity index (χ1n) is 3.80. The Labute approximate surface area is 72.5 Å². The highest BCUT2D eigenvalue weighted by atomic mass is 79.9. The number of hydrogen-bond donors (Lipinski definition) is 0. The predicted molar refractivity (Wildman–Crippen MR) is 50.3 cm³/mol. The third-order valence-corrected chi connectivity index (χ3v) is 2.64. The zero-order valence-electron chi connectivity index (χ0n) is 6.57. The number of unbranched alkanes of at least 4 members (excludes halogenated alkanes) is 2. The molecule has 10 heavy (non-hydrogen) atoms. The van der Waals surface area contributed by atoms with E-state index < -0.39 is 0 Å². The summed E-state index contributed by atoms with van der Waals surface area (Å²) in [6.07, 6.45) is 9.82. The summed E-state index contributed by atoms with van der Waals surface area (Å²) >= 11 is 3.44. The summed E-state index contributed by atoms with van der Waals surface area (Å²) in [6.45, 7) is 2.25. The number of alkyl halides is 1. The fraction of sp³-hybridized carbons (Fsp3) is 0.778. The standard InChI is InChI=1S/C9H15Br/c1-3-4-5-6-7-9(2)8-10/h1,9H,4-8H2,2H3. The summed E-state index contributed by atoms with van der Waals surface area (Å²) in [4.78, 5) is 0. The first-order valence-corrected chi connectivity index (χ1v) is 4.92. The number of terminal acetylenes is 1. The van der Waals surface area contributed by atoms with Crippen LogP contribution in [0.3, 0.4) is 0 Å². The number of hydrogen-bond acceptors (Lipinski definition) is 0. The highest BCUT2D eigenvalue weighted by Gasteiger charge is 1.97. The molecule has 0 aliphatic carbocycles. The summed E-state index contributed by atoms with van der Waals surface area (Å²) in [7, 11) is 0. The molecule has 0 saturated carbocycles. The van der Waals surface area contributed by atoms with E-state index in [2.05, 4.69) is 28.8 Å². The van der Waals surface area contributed by atoms with Crippen molar-refractivity contribution in [3.05, 3.63) is 0 Å². The molecule has 0 aromatic carbocycles. The zero-order chi connectivity index (χ0) is 7.82. The van der Waals surface area contributed by atoms with Crippen LogP contribution in [-0.4, -0.2) is 5.33 Å². The smallest absolute Gasteiger partial charge is 0.00860 e. The van der Waals surface area contributed by atoms with Crippen molar-refractivity contribution in [2.45, 2.75) is 32.6 Å². The average Bonchev–Trinajstić information content (AvgIpc) is 1.98. The van der Waals surface area contributed by atoms with Gasteiger partial charge in [-0.1, -0.05) is 29.3 Å². The fourth-order valence-electron chi connectivity index (χ4n) is 0.797. The quantitative estimate of drug-likeness (QED) is 0.365. The highest BCUT2D eigenvalue weighted by Crippen LogP contribution is 2.10. The minimum atomic E-state index is 0.803. The molecule has 0 radical (unpaired) electrons. The number of rotatable bonds is 5. The van der Waals surface area contributed by atoms with Gasteiger partial charge in [0.05, 0.1) is 0 Å². The lowest BCUT2D eigenvalue weighted by atomic mass is 10.1. The fourth-order valence-corrected chi connectivity index (χ4v) is 1.12. The van der Waals surface area contributed by atoms with Gasteiger partial charge in [-0.05, 0) is 18.8 Å². The molecule has 0 aromatic heterocycles. The molecule has 0 amide bonds. The topological polar surface area (TPSA) is 0 Å². The maximum atomic E-state index is 5.12. The first-order chi connectivity index (χ1) is 4.81. The van der Waals surface area contributed by atoms with Crippen LogP contribution in [-0.2, 0) is 0 Å². The Bertz CT molecular complexity index is 102. The molecule has 1 unspecified atom stereocenters. The van der Waals surface area contributed by atoms with E-state index in [1.54, 1.807) is 0 Å². The molecule has 0 N–H and O–H groups in total. The molecule has 0 aliphatic heterocycles.